The van der Waals surface area contributed by atoms with Gasteiger partial charge in [0.25, 0.3) is 5.09 Å². The average Bonchev–Trinajstić information content (AvgIpc) is 3.68. The number of benzene rings is 1. The van der Waals surface area contributed by atoms with E-state index in [-0.39, 0.29) is 44.8 Å². The summed E-state index contributed by atoms with van der Waals surface area (Å²) in [4.78, 5) is 46.5. The lowest BCUT2D eigenvalue weighted by Gasteiger charge is -2.31. The van der Waals surface area contributed by atoms with Crippen LogP contribution in [-0.2, 0) is 35.1 Å². The Bertz CT molecular complexity index is 1350. The Morgan fingerprint density at radius 3 is 2.38 bits per heavy atom. The maximum absolute atomic E-state index is 12.9. The first-order valence-electron chi connectivity index (χ1n) is 13.5. The number of piperidine rings is 1. The molecule has 224 valence electrons. The molecule has 0 N–H and O–H groups in total. The minimum atomic E-state index is -0.943. The fourth-order valence-corrected chi connectivity index (χ4v) is 5.79. The molecule has 1 amide bonds. The zero-order chi connectivity index (χ0) is 29.4. The highest BCUT2D eigenvalue weighted by Crippen LogP contribution is 2.41. The van der Waals surface area contributed by atoms with Crippen LogP contribution in [0.5, 0.6) is 5.75 Å². The van der Waals surface area contributed by atoms with E-state index in [0.29, 0.717) is 29.1 Å². The summed E-state index contributed by atoms with van der Waals surface area (Å²) in [6.07, 6.45) is -2.83. The van der Waals surface area contributed by atoms with Crippen LogP contribution in [0.3, 0.4) is 0 Å². The van der Waals surface area contributed by atoms with Gasteiger partial charge in [-0.25, -0.2) is 9.59 Å². The first-order chi connectivity index (χ1) is 20.3. The zero-order valence-corrected chi connectivity index (χ0v) is 23.3. The number of ether oxygens (including phenoxy) is 6. The Balaban J connectivity index is 1.03. The molecule has 4 aliphatic heterocycles. The van der Waals surface area contributed by atoms with E-state index in [2.05, 4.69) is 9.82 Å². The van der Waals surface area contributed by atoms with E-state index in [1.165, 1.54) is 4.90 Å². The lowest BCUT2D eigenvalue weighted by atomic mass is 10.0. The lowest BCUT2D eigenvalue weighted by molar-refractivity contribution is -0.769. The molecule has 0 bridgehead atoms. The fourth-order valence-electron chi connectivity index (χ4n) is 5.66. The molecule has 1 aromatic heterocycles. The Labute approximate surface area is 244 Å². The number of aryl methyl sites for hydroxylation is 1. The summed E-state index contributed by atoms with van der Waals surface area (Å²) in [6.45, 7) is 2.58. The number of carbonyl (C=O) groups excluding carboxylic acids is 2. The molecule has 3 saturated heterocycles. The van der Waals surface area contributed by atoms with Gasteiger partial charge in [0, 0.05) is 35.4 Å². The SMILES string of the molecule is Cc1ncc2c(c1OC(=O)O[C@@H]1CO[C@H]3[C@@H]1OC[C@H]3OC(=O)N1CCC(O[N+](=O)[O-])CC1)COC2c1ccc(Cl)cc1. The van der Waals surface area contributed by atoms with Gasteiger partial charge in [0.15, 0.2) is 18.0 Å². The number of pyridine rings is 1. The molecule has 1 unspecified atom stereocenters. The number of aromatic nitrogens is 1. The van der Waals surface area contributed by atoms with Crippen molar-refractivity contribution in [2.75, 3.05) is 26.3 Å². The predicted molar refractivity (Wildman–Crippen MR) is 140 cm³/mol. The van der Waals surface area contributed by atoms with Crippen LogP contribution in [0.1, 0.15) is 41.3 Å². The smallest absolute Gasteiger partial charge is 0.441 e. The van der Waals surface area contributed by atoms with Crippen LogP contribution in [0.25, 0.3) is 0 Å². The van der Waals surface area contributed by atoms with E-state index in [0.717, 1.165) is 11.1 Å². The molecule has 3 fully saturated rings. The summed E-state index contributed by atoms with van der Waals surface area (Å²) in [5.74, 6) is 0.274. The Morgan fingerprint density at radius 2 is 1.71 bits per heavy atom. The van der Waals surface area contributed by atoms with Gasteiger partial charge in [0.2, 0.25) is 0 Å². The summed E-state index contributed by atoms with van der Waals surface area (Å²) in [5.41, 5.74) is 2.89. The van der Waals surface area contributed by atoms with Crippen molar-refractivity contribution in [2.45, 2.75) is 63.0 Å². The van der Waals surface area contributed by atoms with E-state index < -0.39 is 47.9 Å². The van der Waals surface area contributed by atoms with Crippen molar-refractivity contribution in [2.24, 2.45) is 0 Å². The van der Waals surface area contributed by atoms with Crippen LogP contribution in [0.4, 0.5) is 9.59 Å². The van der Waals surface area contributed by atoms with E-state index >= 15 is 0 Å². The predicted octanol–water partition coefficient (Wildman–Crippen LogP) is 3.52. The number of carbonyl (C=O) groups is 2. The van der Waals surface area contributed by atoms with Crippen molar-refractivity contribution >= 4 is 23.8 Å². The molecule has 1 aromatic carbocycles. The number of hydrogen-bond donors (Lipinski definition) is 0. The molecule has 4 aliphatic rings. The lowest BCUT2D eigenvalue weighted by Crippen LogP contribution is -2.44. The Morgan fingerprint density at radius 1 is 1.05 bits per heavy atom. The summed E-state index contributed by atoms with van der Waals surface area (Å²) >= 11 is 6.02. The van der Waals surface area contributed by atoms with E-state index in [9.17, 15) is 19.7 Å². The molecule has 42 heavy (non-hydrogen) atoms. The zero-order valence-electron chi connectivity index (χ0n) is 22.5. The first kappa shape index (κ1) is 28.4. The van der Waals surface area contributed by atoms with Gasteiger partial charge in [-0.3, -0.25) is 4.98 Å². The molecule has 6 rings (SSSR count). The average molecular weight is 606 g/mol. The second-order valence-electron chi connectivity index (χ2n) is 10.4. The van der Waals surface area contributed by atoms with Crippen molar-refractivity contribution < 1.29 is 47.9 Å². The van der Waals surface area contributed by atoms with Crippen LogP contribution in [0.15, 0.2) is 30.5 Å². The first-order valence-corrected chi connectivity index (χ1v) is 13.9. The van der Waals surface area contributed by atoms with Crippen molar-refractivity contribution in [3.05, 3.63) is 68.0 Å². The monoisotopic (exact) mass is 605 g/mol. The molecule has 14 nitrogen and oxygen atoms in total. The van der Waals surface area contributed by atoms with Gasteiger partial charge in [0.1, 0.15) is 24.4 Å². The number of amides is 1. The highest BCUT2D eigenvalue weighted by Gasteiger charge is 2.52. The van der Waals surface area contributed by atoms with Crippen LogP contribution in [0, 0.1) is 17.0 Å². The number of nitrogens with zero attached hydrogens (tertiary/aromatic N) is 3. The second-order valence-corrected chi connectivity index (χ2v) is 10.8. The maximum Gasteiger partial charge on any atom is 0.514 e. The molecule has 5 heterocycles. The number of likely N-dealkylation sites (tertiary alicyclic amines) is 1. The minimum Gasteiger partial charge on any atom is -0.441 e. The highest BCUT2D eigenvalue weighted by atomic mass is 35.5. The van der Waals surface area contributed by atoms with Crippen molar-refractivity contribution in [3.63, 3.8) is 0 Å². The standard InChI is InChI=1S/C27H28ClN3O11/c1-14-22(19-11-36-23(18(19)10-29-14)15-2-4-16(28)5-3-15)41-27(33)40-21-13-38-24-20(12-37-25(21)24)39-26(32)30-8-6-17(7-9-30)42-31(34)35/h2-5,10,17,20-21,23-25H,6-9,11-13H2,1H3/t20-,21-,23?,24-,25-/m1/s1. The van der Waals surface area contributed by atoms with Crippen molar-refractivity contribution in [1.29, 1.82) is 0 Å². The van der Waals surface area contributed by atoms with E-state index in [1.54, 1.807) is 25.3 Å². The molecule has 0 radical (unpaired) electrons. The van der Waals surface area contributed by atoms with Gasteiger partial charge in [-0.05, 0) is 37.5 Å². The van der Waals surface area contributed by atoms with Crippen molar-refractivity contribution in [3.8, 4) is 5.75 Å². The molecule has 0 spiro atoms. The number of fused-ring (bicyclic) bond motifs is 2. The van der Waals surface area contributed by atoms with Gasteiger partial charge < -0.3 is 38.2 Å². The number of rotatable bonds is 6. The van der Waals surface area contributed by atoms with Gasteiger partial charge in [-0.15, -0.1) is 10.1 Å². The minimum absolute atomic E-state index is 0.0357. The van der Waals surface area contributed by atoms with E-state index in [4.69, 9.17) is 40.0 Å². The quantitative estimate of drug-likeness (QED) is 0.268. The maximum atomic E-state index is 12.9. The Kier molecular flexibility index (Phi) is 8.03. The van der Waals surface area contributed by atoms with Gasteiger partial charge in [0.05, 0.1) is 25.5 Å². The molecular formula is C27H28ClN3O11. The summed E-state index contributed by atoms with van der Waals surface area (Å²) in [7, 11) is 0. The molecule has 5 atom stereocenters. The summed E-state index contributed by atoms with van der Waals surface area (Å²) in [5, 5.41) is 10.3. The normalized spacial score (nSPS) is 26.8. The van der Waals surface area contributed by atoms with Crippen molar-refractivity contribution in [1.82, 2.24) is 9.88 Å². The fraction of sp³-hybridized carbons (Fsp3) is 0.519. The third kappa shape index (κ3) is 5.79. The van der Waals surface area contributed by atoms with Crippen LogP contribution < -0.4 is 4.74 Å². The topological polar surface area (TPSA) is 158 Å². The third-order valence-electron chi connectivity index (χ3n) is 7.78. The third-order valence-corrected chi connectivity index (χ3v) is 8.03. The van der Waals surface area contributed by atoms with Gasteiger partial charge in [-0.1, -0.05) is 23.7 Å². The molecule has 0 saturated carbocycles. The number of halogens is 1. The summed E-state index contributed by atoms with van der Waals surface area (Å²) in [6, 6.07) is 7.30. The largest absolute Gasteiger partial charge is 0.514 e. The Hall–Kier alpha value is -3.72. The van der Waals surface area contributed by atoms with Crippen LogP contribution in [-0.4, -0.2) is 84.0 Å². The molecular weight excluding hydrogens is 578 g/mol. The van der Waals surface area contributed by atoms with Gasteiger partial charge in [-0.2, -0.15) is 0 Å². The van der Waals surface area contributed by atoms with Crippen LogP contribution in [0.2, 0.25) is 5.02 Å². The second kappa shape index (κ2) is 11.9. The molecule has 0 aliphatic carbocycles. The summed E-state index contributed by atoms with van der Waals surface area (Å²) < 4.78 is 34.4. The van der Waals surface area contributed by atoms with Gasteiger partial charge >= 0.3 is 12.2 Å². The van der Waals surface area contributed by atoms with Crippen LogP contribution >= 0.6 is 11.6 Å². The molecule has 2 aromatic rings. The highest BCUT2D eigenvalue weighted by molar-refractivity contribution is 6.30. The molecule has 15 heteroatoms. The van der Waals surface area contributed by atoms with E-state index in [1.807, 2.05) is 12.1 Å². The number of hydrogen-bond acceptors (Lipinski definition) is 12.